The van der Waals surface area contributed by atoms with Gasteiger partial charge in [0.2, 0.25) is 0 Å². The topological polar surface area (TPSA) is 44.0 Å². The van der Waals surface area contributed by atoms with E-state index < -0.39 is 0 Å². The normalized spacial score (nSPS) is 22.4. The van der Waals surface area contributed by atoms with E-state index in [0.717, 1.165) is 24.7 Å². The smallest absolute Gasteiger partial charge is 0.0922 e. The van der Waals surface area contributed by atoms with Crippen LogP contribution in [0.5, 0.6) is 0 Å². The Labute approximate surface area is 97.4 Å². The van der Waals surface area contributed by atoms with Crippen molar-refractivity contribution in [3.63, 3.8) is 0 Å². The van der Waals surface area contributed by atoms with Gasteiger partial charge in [-0.15, -0.1) is 0 Å². The summed E-state index contributed by atoms with van der Waals surface area (Å²) in [5.74, 6) is 0.876. The van der Waals surface area contributed by atoms with Crippen LogP contribution in [0.2, 0.25) is 0 Å². The van der Waals surface area contributed by atoms with Gasteiger partial charge in [0.1, 0.15) is 0 Å². The first-order chi connectivity index (χ1) is 7.84. The molecule has 0 saturated carbocycles. The fourth-order valence-electron chi connectivity index (χ4n) is 2.33. The molecular formula is C12H22N4. The van der Waals surface area contributed by atoms with Crippen LogP contribution in [-0.4, -0.2) is 41.0 Å². The highest BCUT2D eigenvalue weighted by Gasteiger charge is 2.15. The number of aromatic nitrogens is 2. The maximum atomic E-state index is 3.99. The van der Waals surface area contributed by atoms with Crippen LogP contribution in [0.15, 0.2) is 12.5 Å². The second kappa shape index (κ2) is 6.01. The Kier molecular flexibility index (Phi) is 4.36. The van der Waals surface area contributed by atoms with E-state index in [0.29, 0.717) is 0 Å². The van der Waals surface area contributed by atoms with Crippen molar-refractivity contribution in [3.05, 3.63) is 18.2 Å². The molecule has 1 atom stereocenters. The second-order valence-electron chi connectivity index (χ2n) is 4.80. The highest BCUT2D eigenvalue weighted by molar-refractivity contribution is 4.92. The molecule has 1 aliphatic heterocycles. The maximum Gasteiger partial charge on any atom is 0.0922 e. The molecule has 4 nitrogen and oxygen atoms in total. The molecule has 2 rings (SSSR count). The molecule has 1 unspecified atom stereocenters. The third-order valence-corrected chi connectivity index (χ3v) is 3.22. The molecule has 2 N–H and O–H groups in total. The van der Waals surface area contributed by atoms with E-state index in [9.17, 15) is 0 Å². The molecule has 1 fully saturated rings. The number of hydrogen-bond donors (Lipinski definition) is 2. The van der Waals surface area contributed by atoms with Crippen LogP contribution in [-0.2, 0) is 6.54 Å². The lowest BCUT2D eigenvalue weighted by Crippen LogP contribution is -2.38. The van der Waals surface area contributed by atoms with E-state index in [-0.39, 0.29) is 0 Å². The Morgan fingerprint density at radius 3 is 3.31 bits per heavy atom. The maximum absolute atomic E-state index is 3.99. The van der Waals surface area contributed by atoms with Crippen LogP contribution in [0.1, 0.15) is 25.5 Å². The van der Waals surface area contributed by atoms with Gasteiger partial charge < -0.3 is 15.2 Å². The molecule has 1 aliphatic rings. The molecule has 0 spiro atoms. The van der Waals surface area contributed by atoms with E-state index in [1.807, 2.05) is 6.20 Å². The Morgan fingerprint density at radius 2 is 2.56 bits per heavy atom. The Morgan fingerprint density at radius 1 is 1.62 bits per heavy atom. The zero-order valence-corrected chi connectivity index (χ0v) is 10.1. The number of aromatic amines is 1. The molecule has 0 aliphatic carbocycles. The van der Waals surface area contributed by atoms with E-state index in [2.05, 4.69) is 27.1 Å². The fraction of sp³-hybridized carbons (Fsp3) is 0.750. The summed E-state index contributed by atoms with van der Waals surface area (Å²) < 4.78 is 0. The predicted octanol–water partition coefficient (Wildman–Crippen LogP) is 1.23. The summed E-state index contributed by atoms with van der Waals surface area (Å²) >= 11 is 0. The quantitative estimate of drug-likeness (QED) is 0.737. The number of nitrogens with one attached hydrogen (secondary N) is 2. The molecule has 90 valence electrons. The number of nitrogens with zero attached hydrogens (tertiary/aromatic N) is 2. The van der Waals surface area contributed by atoms with Gasteiger partial charge in [-0.2, -0.15) is 0 Å². The molecule has 0 bridgehead atoms. The number of likely N-dealkylation sites (tertiary alicyclic amines) is 1. The zero-order chi connectivity index (χ0) is 11.2. The van der Waals surface area contributed by atoms with Gasteiger partial charge in [0.05, 0.1) is 6.33 Å². The average Bonchev–Trinajstić information content (AvgIpc) is 2.77. The van der Waals surface area contributed by atoms with Gasteiger partial charge in [-0.25, -0.2) is 4.98 Å². The average molecular weight is 222 g/mol. The van der Waals surface area contributed by atoms with Gasteiger partial charge in [0.15, 0.2) is 0 Å². The molecule has 0 amide bonds. The lowest BCUT2D eigenvalue weighted by atomic mass is 10.0. The molecule has 1 saturated heterocycles. The molecule has 1 aromatic rings. The van der Waals surface area contributed by atoms with Crippen LogP contribution >= 0.6 is 0 Å². The molecule has 2 heterocycles. The zero-order valence-electron chi connectivity index (χ0n) is 10.1. The Bertz CT molecular complexity index is 283. The summed E-state index contributed by atoms with van der Waals surface area (Å²) in [5.41, 5.74) is 1.16. The van der Waals surface area contributed by atoms with Crippen molar-refractivity contribution in [3.8, 4) is 0 Å². The summed E-state index contributed by atoms with van der Waals surface area (Å²) in [7, 11) is 0. The summed E-state index contributed by atoms with van der Waals surface area (Å²) in [4.78, 5) is 9.65. The number of hydrogen-bond acceptors (Lipinski definition) is 3. The Balaban J connectivity index is 1.57. The van der Waals surface area contributed by atoms with Crippen molar-refractivity contribution in [1.29, 1.82) is 0 Å². The van der Waals surface area contributed by atoms with E-state index in [1.165, 1.54) is 32.5 Å². The van der Waals surface area contributed by atoms with Crippen molar-refractivity contribution >= 4 is 0 Å². The molecule has 1 aromatic heterocycles. The van der Waals surface area contributed by atoms with Crippen LogP contribution in [0.3, 0.4) is 0 Å². The summed E-state index contributed by atoms with van der Waals surface area (Å²) in [6.45, 7) is 8.01. The minimum absolute atomic E-state index is 0.876. The van der Waals surface area contributed by atoms with Crippen LogP contribution in [0.4, 0.5) is 0 Å². The first kappa shape index (κ1) is 11.6. The van der Waals surface area contributed by atoms with Gasteiger partial charge >= 0.3 is 0 Å². The number of H-pyrrole nitrogens is 1. The standard InChI is InChI=1S/C12H22N4/c1-11-3-2-5-16(9-11)6-4-13-7-12-8-14-10-15-12/h8,10-11,13H,2-7,9H2,1H3,(H,14,15). The van der Waals surface area contributed by atoms with Gasteiger partial charge in [-0.05, 0) is 25.3 Å². The third kappa shape index (κ3) is 3.61. The molecule has 16 heavy (non-hydrogen) atoms. The van der Waals surface area contributed by atoms with Gasteiger partial charge in [-0.1, -0.05) is 6.92 Å². The highest BCUT2D eigenvalue weighted by atomic mass is 15.1. The lowest BCUT2D eigenvalue weighted by molar-refractivity contribution is 0.184. The summed E-state index contributed by atoms with van der Waals surface area (Å²) in [5, 5.41) is 3.44. The molecular weight excluding hydrogens is 200 g/mol. The Hall–Kier alpha value is -0.870. The molecule has 0 aromatic carbocycles. The minimum atomic E-state index is 0.876. The van der Waals surface area contributed by atoms with E-state index in [4.69, 9.17) is 0 Å². The van der Waals surface area contributed by atoms with Crippen LogP contribution in [0.25, 0.3) is 0 Å². The van der Waals surface area contributed by atoms with Gasteiger partial charge in [0, 0.05) is 38.1 Å². The van der Waals surface area contributed by atoms with Crippen molar-refractivity contribution < 1.29 is 0 Å². The van der Waals surface area contributed by atoms with Crippen molar-refractivity contribution in [2.24, 2.45) is 5.92 Å². The number of imidazole rings is 1. The monoisotopic (exact) mass is 222 g/mol. The fourth-order valence-corrected chi connectivity index (χ4v) is 2.33. The number of piperidine rings is 1. The second-order valence-corrected chi connectivity index (χ2v) is 4.80. The predicted molar refractivity (Wildman–Crippen MR) is 65.1 cm³/mol. The first-order valence-corrected chi connectivity index (χ1v) is 6.25. The highest BCUT2D eigenvalue weighted by Crippen LogP contribution is 2.14. The van der Waals surface area contributed by atoms with Gasteiger partial charge in [0.25, 0.3) is 0 Å². The van der Waals surface area contributed by atoms with E-state index >= 15 is 0 Å². The van der Waals surface area contributed by atoms with Gasteiger partial charge in [-0.3, -0.25) is 0 Å². The lowest BCUT2D eigenvalue weighted by Gasteiger charge is -2.30. The van der Waals surface area contributed by atoms with Crippen molar-refractivity contribution in [2.45, 2.75) is 26.3 Å². The molecule has 0 radical (unpaired) electrons. The van der Waals surface area contributed by atoms with Crippen LogP contribution < -0.4 is 5.32 Å². The summed E-state index contributed by atoms with van der Waals surface area (Å²) in [6.07, 6.45) is 6.36. The largest absolute Gasteiger partial charge is 0.347 e. The van der Waals surface area contributed by atoms with Crippen molar-refractivity contribution in [1.82, 2.24) is 20.2 Å². The summed E-state index contributed by atoms with van der Waals surface area (Å²) in [6, 6.07) is 0. The van der Waals surface area contributed by atoms with Crippen LogP contribution in [0, 0.1) is 5.92 Å². The number of rotatable bonds is 5. The third-order valence-electron chi connectivity index (χ3n) is 3.22. The first-order valence-electron chi connectivity index (χ1n) is 6.25. The van der Waals surface area contributed by atoms with E-state index in [1.54, 1.807) is 6.33 Å². The van der Waals surface area contributed by atoms with Crippen molar-refractivity contribution in [2.75, 3.05) is 26.2 Å². The minimum Gasteiger partial charge on any atom is -0.347 e. The molecule has 4 heteroatoms. The SMILES string of the molecule is CC1CCCN(CCNCc2cnc[nH]2)C1.